The van der Waals surface area contributed by atoms with Crippen molar-refractivity contribution in [2.24, 2.45) is 0 Å². The molecule has 0 aliphatic carbocycles. The van der Waals surface area contributed by atoms with Crippen LogP contribution in [0, 0.1) is 0 Å². The van der Waals surface area contributed by atoms with E-state index < -0.39 is 31.2 Å². The molecule has 1 aromatic carbocycles. The van der Waals surface area contributed by atoms with Gasteiger partial charge < -0.3 is 15.2 Å². The van der Waals surface area contributed by atoms with Gasteiger partial charge in [-0.1, -0.05) is 30.3 Å². The second-order valence-electron chi connectivity index (χ2n) is 8.42. The van der Waals surface area contributed by atoms with Crippen molar-refractivity contribution in [2.75, 3.05) is 26.4 Å². The van der Waals surface area contributed by atoms with Gasteiger partial charge in [0.25, 0.3) is 5.91 Å². The van der Waals surface area contributed by atoms with Crippen LogP contribution >= 0.6 is 0 Å². The molecule has 2 N–H and O–H groups in total. The van der Waals surface area contributed by atoms with Gasteiger partial charge in [0.2, 0.25) is 0 Å². The number of aliphatic hydroxyl groups is 1. The molecule has 4 rings (SSSR count). The number of aromatic nitrogens is 1. The summed E-state index contributed by atoms with van der Waals surface area (Å²) < 4.78 is 43.4. The molecule has 6 nitrogen and oxygen atoms in total. The largest absolute Gasteiger partial charge is 0.386 e. The Labute approximate surface area is 184 Å². The van der Waals surface area contributed by atoms with Crippen molar-refractivity contribution < 1.29 is 27.8 Å². The lowest BCUT2D eigenvalue weighted by Gasteiger charge is -2.45. The minimum absolute atomic E-state index is 0.184. The van der Waals surface area contributed by atoms with Gasteiger partial charge >= 0.3 is 6.43 Å². The molecule has 2 aromatic rings. The van der Waals surface area contributed by atoms with Crippen LogP contribution in [-0.4, -0.2) is 65.3 Å². The van der Waals surface area contributed by atoms with Gasteiger partial charge in [-0.15, -0.1) is 0 Å². The summed E-state index contributed by atoms with van der Waals surface area (Å²) in [7, 11) is 0. The molecule has 0 unspecified atom stereocenters. The molecule has 1 amide bonds. The fourth-order valence-corrected chi connectivity index (χ4v) is 4.34. The number of ether oxygens (including phenoxy) is 1. The molecule has 1 aromatic heterocycles. The number of aliphatic hydroxyl groups excluding tert-OH is 1. The van der Waals surface area contributed by atoms with Gasteiger partial charge in [-0.05, 0) is 36.6 Å². The Morgan fingerprint density at radius 2 is 1.91 bits per heavy atom. The summed E-state index contributed by atoms with van der Waals surface area (Å²) in [5.74, 6) is -1.61. The SMILES string of the molecule is O=C(N[C@H](CF)[C@H](O)c1ccc(-c2ccc(CN3CCCC34COC4)nc2)cc1)C(F)F. The summed E-state index contributed by atoms with van der Waals surface area (Å²) in [5, 5.41) is 12.1. The Bertz CT molecular complexity index is 920. The Morgan fingerprint density at radius 1 is 1.19 bits per heavy atom. The first kappa shape index (κ1) is 22.7. The van der Waals surface area contributed by atoms with Gasteiger partial charge in [0, 0.05) is 18.3 Å². The van der Waals surface area contributed by atoms with Crippen molar-refractivity contribution in [1.29, 1.82) is 0 Å². The lowest BCUT2D eigenvalue weighted by Crippen LogP contribution is -2.58. The second-order valence-corrected chi connectivity index (χ2v) is 8.42. The smallest absolute Gasteiger partial charge is 0.315 e. The number of rotatable bonds is 8. The van der Waals surface area contributed by atoms with E-state index in [1.807, 2.05) is 17.4 Å². The Morgan fingerprint density at radius 3 is 2.47 bits per heavy atom. The topological polar surface area (TPSA) is 74.7 Å². The van der Waals surface area contributed by atoms with Crippen LogP contribution in [0.2, 0.25) is 0 Å². The average molecular weight is 449 g/mol. The van der Waals surface area contributed by atoms with Gasteiger partial charge in [0.1, 0.15) is 12.8 Å². The number of hydrogen-bond donors (Lipinski definition) is 2. The summed E-state index contributed by atoms with van der Waals surface area (Å²) in [6.07, 6.45) is -0.589. The number of hydrogen-bond acceptors (Lipinski definition) is 5. The highest BCUT2D eigenvalue weighted by Gasteiger charge is 2.47. The molecule has 1 spiro atoms. The molecule has 172 valence electrons. The molecule has 0 bridgehead atoms. The van der Waals surface area contributed by atoms with Crippen LogP contribution in [0.25, 0.3) is 11.1 Å². The number of nitrogens with one attached hydrogen (secondary N) is 1. The zero-order valence-corrected chi connectivity index (χ0v) is 17.5. The maximum atomic E-state index is 13.2. The zero-order chi connectivity index (χ0) is 22.7. The molecular weight excluding hydrogens is 423 g/mol. The maximum absolute atomic E-state index is 13.2. The second kappa shape index (κ2) is 9.56. The minimum Gasteiger partial charge on any atom is -0.386 e. The third kappa shape index (κ3) is 4.65. The first-order chi connectivity index (χ1) is 15.4. The number of halogens is 3. The lowest BCUT2D eigenvalue weighted by molar-refractivity contribution is -0.133. The zero-order valence-electron chi connectivity index (χ0n) is 17.5. The van der Waals surface area contributed by atoms with E-state index in [1.165, 1.54) is 12.8 Å². The van der Waals surface area contributed by atoms with Crippen molar-refractivity contribution >= 4 is 5.91 Å². The Balaban J connectivity index is 1.39. The molecule has 2 saturated heterocycles. The summed E-state index contributed by atoms with van der Waals surface area (Å²) in [6, 6.07) is 9.15. The number of likely N-dealkylation sites (tertiary alicyclic amines) is 1. The van der Waals surface area contributed by atoms with E-state index in [4.69, 9.17) is 4.74 Å². The van der Waals surface area contributed by atoms with Crippen LogP contribution in [0.15, 0.2) is 42.6 Å². The van der Waals surface area contributed by atoms with Crippen LogP contribution < -0.4 is 5.32 Å². The van der Waals surface area contributed by atoms with Gasteiger partial charge in [-0.3, -0.25) is 14.7 Å². The van der Waals surface area contributed by atoms with Crippen LogP contribution in [0.3, 0.4) is 0 Å². The van der Waals surface area contributed by atoms with Crippen molar-refractivity contribution in [3.63, 3.8) is 0 Å². The molecule has 0 radical (unpaired) electrons. The highest BCUT2D eigenvalue weighted by molar-refractivity contribution is 5.79. The lowest BCUT2D eigenvalue weighted by atomic mass is 9.94. The molecular formula is C23H26F3N3O3. The number of pyridine rings is 1. The molecule has 2 atom stereocenters. The summed E-state index contributed by atoms with van der Waals surface area (Å²) >= 11 is 0. The molecule has 0 saturated carbocycles. The number of alkyl halides is 3. The van der Waals surface area contributed by atoms with Crippen LogP contribution in [0.1, 0.15) is 30.2 Å². The quantitative estimate of drug-likeness (QED) is 0.648. The highest BCUT2D eigenvalue weighted by Crippen LogP contribution is 2.36. The fourth-order valence-electron chi connectivity index (χ4n) is 4.34. The Kier molecular flexibility index (Phi) is 6.78. The van der Waals surface area contributed by atoms with E-state index in [2.05, 4.69) is 9.88 Å². The van der Waals surface area contributed by atoms with Gasteiger partial charge in [-0.2, -0.15) is 8.78 Å². The number of amides is 1. The van der Waals surface area contributed by atoms with Crippen LogP contribution in [-0.2, 0) is 16.1 Å². The maximum Gasteiger partial charge on any atom is 0.315 e. The van der Waals surface area contributed by atoms with Gasteiger partial charge in [0.15, 0.2) is 0 Å². The molecule has 2 aliphatic rings. The fraction of sp³-hybridized carbons (Fsp3) is 0.478. The first-order valence-electron chi connectivity index (χ1n) is 10.6. The predicted octanol–water partition coefficient (Wildman–Crippen LogP) is 2.87. The monoisotopic (exact) mass is 449 g/mol. The summed E-state index contributed by atoms with van der Waals surface area (Å²) in [6.45, 7) is 2.24. The molecule has 32 heavy (non-hydrogen) atoms. The first-order valence-corrected chi connectivity index (χ1v) is 10.6. The summed E-state index contributed by atoms with van der Waals surface area (Å²) in [5.41, 5.74) is 3.21. The number of carbonyl (C=O) groups is 1. The highest BCUT2D eigenvalue weighted by atomic mass is 19.3. The van der Waals surface area contributed by atoms with E-state index in [0.717, 1.165) is 43.1 Å². The standard InChI is InChI=1S/C23H26F3N3O3/c24-10-19(28-22(31)21(25)26)20(30)16-4-2-15(3-5-16)17-6-7-18(27-11-17)12-29-9-1-8-23(29)13-32-14-23/h2-7,11,19-21,30H,1,8-10,12-14H2,(H,28,31)/t19-,20-/m1/s1. The van der Waals surface area contributed by atoms with Crippen molar-refractivity contribution in [3.8, 4) is 11.1 Å². The van der Waals surface area contributed by atoms with Gasteiger partial charge in [-0.25, -0.2) is 4.39 Å². The Hall–Kier alpha value is -2.49. The number of benzene rings is 1. The van der Waals surface area contributed by atoms with Crippen LogP contribution in [0.5, 0.6) is 0 Å². The number of carbonyl (C=O) groups excluding carboxylic acids is 1. The molecule has 3 heterocycles. The average Bonchev–Trinajstić information content (AvgIpc) is 3.21. The molecule has 2 fully saturated rings. The molecule has 2 aliphatic heterocycles. The number of nitrogens with zero attached hydrogens (tertiary/aromatic N) is 2. The van der Waals surface area contributed by atoms with Crippen molar-refractivity contribution in [3.05, 3.63) is 53.9 Å². The minimum atomic E-state index is -3.27. The van der Waals surface area contributed by atoms with E-state index in [0.29, 0.717) is 5.56 Å². The third-order valence-electron chi connectivity index (χ3n) is 6.32. The van der Waals surface area contributed by atoms with E-state index in [9.17, 15) is 23.1 Å². The van der Waals surface area contributed by atoms with Crippen molar-refractivity contribution in [1.82, 2.24) is 15.2 Å². The van der Waals surface area contributed by atoms with E-state index in [-0.39, 0.29) is 5.54 Å². The van der Waals surface area contributed by atoms with E-state index in [1.54, 1.807) is 30.5 Å². The third-order valence-corrected chi connectivity index (χ3v) is 6.32. The molecule has 9 heteroatoms. The van der Waals surface area contributed by atoms with Crippen LogP contribution in [0.4, 0.5) is 13.2 Å². The predicted molar refractivity (Wildman–Crippen MR) is 112 cm³/mol. The van der Waals surface area contributed by atoms with Gasteiger partial charge in [0.05, 0.1) is 30.5 Å². The van der Waals surface area contributed by atoms with E-state index >= 15 is 0 Å². The van der Waals surface area contributed by atoms with Crippen molar-refractivity contribution in [2.45, 2.75) is 43.5 Å². The summed E-state index contributed by atoms with van der Waals surface area (Å²) in [4.78, 5) is 18.2. The normalized spacial score (nSPS) is 19.7.